The Balaban J connectivity index is 1.91. The van der Waals surface area contributed by atoms with Gasteiger partial charge in [0.15, 0.2) is 11.5 Å². The molecule has 0 saturated heterocycles. The molecule has 0 spiro atoms. The summed E-state index contributed by atoms with van der Waals surface area (Å²) in [7, 11) is -3.27. The summed E-state index contributed by atoms with van der Waals surface area (Å²) in [5.74, 6) is 1.17. The fraction of sp³-hybridized carbons (Fsp3) is 0.533. The smallest absolute Gasteiger partial charge is 0.221 e. The number of carbonyl (C=O) groups is 1. The number of nitrogens with one attached hydrogen (secondary N) is 2. The highest BCUT2D eigenvalue weighted by atomic mass is 32.2. The van der Waals surface area contributed by atoms with Gasteiger partial charge in [0, 0.05) is 19.4 Å². The maximum absolute atomic E-state index is 11.9. The number of hydrogen-bond donors (Lipinski definition) is 2. The van der Waals surface area contributed by atoms with Crippen molar-refractivity contribution in [1.82, 2.24) is 10.0 Å². The molecule has 0 fully saturated rings. The first kappa shape index (κ1) is 17.6. The number of benzene rings is 1. The zero-order chi connectivity index (χ0) is 16.9. The molecule has 1 aromatic carbocycles. The molecule has 0 aliphatic carbocycles. The van der Waals surface area contributed by atoms with Crippen molar-refractivity contribution in [3.63, 3.8) is 0 Å². The maximum Gasteiger partial charge on any atom is 0.221 e. The molecule has 7 nitrogen and oxygen atoms in total. The number of fused-ring (bicyclic) bond motifs is 1. The zero-order valence-electron chi connectivity index (χ0n) is 13.3. The Morgan fingerprint density at radius 3 is 2.65 bits per heavy atom. The van der Waals surface area contributed by atoms with E-state index in [0.717, 1.165) is 18.2 Å². The molecule has 23 heavy (non-hydrogen) atoms. The Kier molecular flexibility index (Phi) is 5.84. The SMILES string of the molecule is C[C@@H](NC(=O)CCNS(C)(=O)=O)c1ccc2c(c1)OCCCO2. The Labute approximate surface area is 136 Å². The Morgan fingerprint density at radius 2 is 1.96 bits per heavy atom. The molecule has 1 aromatic rings. The van der Waals surface area contributed by atoms with E-state index in [1.165, 1.54) is 0 Å². The Bertz CT molecular complexity index is 660. The van der Waals surface area contributed by atoms with E-state index in [1.807, 2.05) is 25.1 Å². The second-order valence-electron chi connectivity index (χ2n) is 5.46. The van der Waals surface area contributed by atoms with Crippen LogP contribution in [0, 0.1) is 0 Å². The first-order valence-electron chi connectivity index (χ1n) is 7.49. The van der Waals surface area contributed by atoms with Crippen molar-refractivity contribution in [2.24, 2.45) is 0 Å². The van der Waals surface area contributed by atoms with Crippen LogP contribution in [-0.4, -0.2) is 40.3 Å². The highest BCUT2D eigenvalue weighted by molar-refractivity contribution is 7.88. The standard InChI is InChI=1S/C15H22N2O5S/c1-11(17-15(18)6-7-16-23(2,19)20)12-4-5-13-14(10-12)22-9-3-8-21-13/h4-5,10-11,16H,3,6-9H2,1-2H3,(H,17,18)/t11-/m1/s1. The van der Waals surface area contributed by atoms with Crippen LogP contribution >= 0.6 is 0 Å². The molecule has 2 rings (SSSR count). The van der Waals surface area contributed by atoms with Crippen LogP contribution < -0.4 is 19.5 Å². The summed E-state index contributed by atoms with van der Waals surface area (Å²) >= 11 is 0. The number of hydrogen-bond acceptors (Lipinski definition) is 5. The molecule has 0 saturated carbocycles. The number of sulfonamides is 1. The minimum atomic E-state index is -3.27. The van der Waals surface area contributed by atoms with Crippen molar-refractivity contribution in [2.45, 2.75) is 25.8 Å². The number of rotatable bonds is 6. The molecule has 1 aliphatic rings. The topological polar surface area (TPSA) is 93.7 Å². The molecule has 1 heterocycles. The minimum Gasteiger partial charge on any atom is -0.490 e. The molecule has 1 amide bonds. The molecule has 128 valence electrons. The van der Waals surface area contributed by atoms with Gasteiger partial charge in [0.25, 0.3) is 0 Å². The van der Waals surface area contributed by atoms with Crippen molar-refractivity contribution in [2.75, 3.05) is 26.0 Å². The van der Waals surface area contributed by atoms with E-state index in [9.17, 15) is 13.2 Å². The van der Waals surface area contributed by atoms with Gasteiger partial charge < -0.3 is 14.8 Å². The van der Waals surface area contributed by atoms with Crippen LogP contribution in [0.5, 0.6) is 11.5 Å². The molecule has 8 heteroatoms. The predicted octanol–water partition coefficient (Wildman–Crippen LogP) is 0.964. The first-order valence-corrected chi connectivity index (χ1v) is 9.38. The van der Waals surface area contributed by atoms with Crippen molar-refractivity contribution < 1.29 is 22.7 Å². The summed E-state index contributed by atoms with van der Waals surface area (Å²) in [5, 5.41) is 2.83. The van der Waals surface area contributed by atoms with Gasteiger partial charge in [-0.2, -0.15) is 0 Å². The minimum absolute atomic E-state index is 0.0819. The van der Waals surface area contributed by atoms with E-state index in [2.05, 4.69) is 10.0 Å². The third-order valence-electron chi connectivity index (χ3n) is 3.37. The number of ether oxygens (including phenoxy) is 2. The number of amides is 1. The lowest BCUT2D eigenvalue weighted by molar-refractivity contribution is -0.121. The van der Waals surface area contributed by atoms with Crippen LogP contribution in [0.4, 0.5) is 0 Å². The van der Waals surface area contributed by atoms with E-state index in [-0.39, 0.29) is 24.9 Å². The van der Waals surface area contributed by atoms with Crippen LogP contribution in [0.25, 0.3) is 0 Å². The van der Waals surface area contributed by atoms with E-state index >= 15 is 0 Å². The second kappa shape index (κ2) is 7.65. The van der Waals surface area contributed by atoms with Crippen LogP contribution in [0.2, 0.25) is 0 Å². The average molecular weight is 342 g/mol. The summed E-state index contributed by atoms with van der Waals surface area (Å²) in [6.45, 7) is 3.18. The molecule has 0 bridgehead atoms. The van der Waals surface area contributed by atoms with Gasteiger partial charge in [-0.25, -0.2) is 13.1 Å². The van der Waals surface area contributed by atoms with Crippen LogP contribution in [-0.2, 0) is 14.8 Å². The van der Waals surface area contributed by atoms with Crippen LogP contribution in [0.15, 0.2) is 18.2 Å². The molecule has 0 unspecified atom stereocenters. The number of carbonyl (C=O) groups excluding carboxylic acids is 1. The third kappa shape index (κ3) is 5.72. The molecule has 1 aliphatic heterocycles. The summed E-state index contributed by atoms with van der Waals surface area (Å²) in [5.41, 5.74) is 0.902. The van der Waals surface area contributed by atoms with Gasteiger partial charge in [-0.1, -0.05) is 6.07 Å². The van der Waals surface area contributed by atoms with E-state index < -0.39 is 10.0 Å². The van der Waals surface area contributed by atoms with Crippen molar-refractivity contribution in [1.29, 1.82) is 0 Å². The van der Waals surface area contributed by atoms with Crippen LogP contribution in [0.1, 0.15) is 31.4 Å². The Morgan fingerprint density at radius 1 is 1.26 bits per heavy atom. The molecular formula is C15H22N2O5S. The summed E-state index contributed by atoms with van der Waals surface area (Å²) in [6.07, 6.45) is 1.98. The fourth-order valence-electron chi connectivity index (χ4n) is 2.20. The van der Waals surface area contributed by atoms with Crippen molar-refractivity contribution in [3.8, 4) is 11.5 Å². The van der Waals surface area contributed by atoms with Gasteiger partial charge in [-0.3, -0.25) is 4.79 Å². The van der Waals surface area contributed by atoms with E-state index in [0.29, 0.717) is 24.7 Å². The second-order valence-corrected chi connectivity index (χ2v) is 7.30. The largest absolute Gasteiger partial charge is 0.490 e. The fourth-order valence-corrected chi connectivity index (χ4v) is 2.67. The highest BCUT2D eigenvalue weighted by Crippen LogP contribution is 2.32. The van der Waals surface area contributed by atoms with Gasteiger partial charge in [-0.05, 0) is 24.6 Å². The quantitative estimate of drug-likeness (QED) is 0.803. The maximum atomic E-state index is 11.9. The van der Waals surface area contributed by atoms with Gasteiger partial charge in [0.1, 0.15) is 0 Å². The zero-order valence-corrected chi connectivity index (χ0v) is 14.1. The normalized spacial score (nSPS) is 15.6. The lowest BCUT2D eigenvalue weighted by atomic mass is 10.1. The summed E-state index contributed by atoms with van der Waals surface area (Å²) < 4.78 is 35.4. The molecule has 0 aromatic heterocycles. The van der Waals surface area contributed by atoms with E-state index in [4.69, 9.17) is 9.47 Å². The third-order valence-corrected chi connectivity index (χ3v) is 4.09. The van der Waals surface area contributed by atoms with Gasteiger partial charge in [0.2, 0.25) is 15.9 Å². The van der Waals surface area contributed by atoms with Crippen LogP contribution in [0.3, 0.4) is 0 Å². The monoisotopic (exact) mass is 342 g/mol. The molecule has 1 atom stereocenters. The van der Waals surface area contributed by atoms with E-state index in [1.54, 1.807) is 0 Å². The van der Waals surface area contributed by atoms with Crippen molar-refractivity contribution >= 4 is 15.9 Å². The lowest BCUT2D eigenvalue weighted by Gasteiger charge is -2.16. The van der Waals surface area contributed by atoms with Gasteiger partial charge in [-0.15, -0.1) is 0 Å². The van der Waals surface area contributed by atoms with Gasteiger partial charge in [0.05, 0.1) is 25.5 Å². The average Bonchev–Trinajstić information content (AvgIpc) is 2.70. The molecule has 2 N–H and O–H groups in total. The molecule has 0 radical (unpaired) electrons. The Hall–Kier alpha value is -1.80. The van der Waals surface area contributed by atoms with Gasteiger partial charge >= 0.3 is 0 Å². The lowest BCUT2D eigenvalue weighted by Crippen LogP contribution is -2.31. The summed E-state index contributed by atoms with van der Waals surface area (Å²) in [6, 6.07) is 5.37. The first-order chi connectivity index (χ1) is 10.8. The highest BCUT2D eigenvalue weighted by Gasteiger charge is 2.15. The van der Waals surface area contributed by atoms with Crippen molar-refractivity contribution in [3.05, 3.63) is 23.8 Å². The predicted molar refractivity (Wildman–Crippen MR) is 86.1 cm³/mol. The molecular weight excluding hydrogens is 320 g/mol. The summed E-state index contributed by atoms with van der Waals surface area (Å²) in [4.78, 5) is 11.9.